The Kier molecular flexibility index (Phi) is 0.719. The van der Waals surface area contributed by atoms with E-state index < -0.39 is 0 Å². The molecule has 0 atom stereocenters. The quantitative estimate of drug-likeness (QED) is 0.470. The highest BCUT2D eigenvalue weighted by molar-refractivity contribution is 6.28. The van der Waals surface area contributed by atoms with Crippen molar-refractivity contribution in [3.05, 3.63) is 5.28 Å². The number of hydrogen-bond donors (Lipinski definition) is 0. The molecule has 0 radical (unpaired) electrons. The van der Waals surface area contributed by atoms with Crippen LogP contribution in [0.25, 0.3) is 0 Å². The van der Waals surface area contributed by atoms with Crippen molar-refractivity contribution < 1.29 is 4.63 Å². The van der Waals surface area contributed by atoms with Crippen LogP contribution in [0.4, 0.5) is 0 Å². The molecule has 0 spiro atoms. The van der Waals surface area contributed by atoms with E-state index in [2.05, 4.69) is 20.2 Å². The third-order valence-electron chi connectivity index (χ3n) is 0.276. The van der Waals surface area contributed by atoms with Gasteiger partial charge in [-0.2, -0.15) is 0 Å². The topological polar surface area (TPSA) is 51.8 Å². The fourth-order valence-electron chi connectivity index (χ4n) is 0.122. The van der Waals surface area contributed by atoms with Crippen LogP contribution in [0.1, 0.15) is 0 Å². The second-order valence-corrected chi connectivity index (χ2v) is 0.962. The van der Waals surface area contributed by atoms with Crippen molar-refractivity contribution >= 4 is 11.6 Å². The zero-order chi connectivity index (χ0) is 4.41. The van der Waals surface area contributed by atoms with E-state index in [9.17, 15) is 0 Å². The molecule has 1 aromatic rings. The summed E-state index contributed by atoms with van der Waals surface area (Å²) < 4.78 is 3.97. The first kappa shape index (κ1) is 3.55. The summed E-state index contributed by atoms with van der Waals surface area (Å²) >= 11 is 5.08. The molecule has 6 heavy (non-hydrogen) atoms. The molecule has 0 N–H and O–H groups in total. The predicted octanol–water partition coefficient (Wildman–Crippen LogP) is 0.118. The van der Waals surface area contributed by atoms with Gasteiger partial charge in [-0.3, -0.25) is 0 Å². The van der Waals surface area contributed by atoms with Gasteiger partial charge in [0.1, 0.15) is 0 Å². The lowest BCUT2D eigenvalue weighted by Gasteiger charge is -1.52. The molecule has 5 heteroatoms. The van der Waals surface area contributed by atoms with Crippen molar-refractivity contribution in [1.82, 2.24) is 15.5 Å². The standard InChI is InChI=1S/CClN3O/c2-1-3-5-6-4-1. The van der Waals surface area contributed by atoms with Crippen LogP contribution >= 0.6 is 11.6 Å². The molecule has 0 aliphatic heterocycles. The Bertz CT molecular complexity index is 114. The fraction of sp³-hybridized carbons (Fsp3) is 0. The Balaban J connectivity index is 3.05. The maximum Gasteiger partial charge on any atom is 0.286 e. The number of nitrogens with zero attached hydrogens (tertiary/aromatic N) is 3. The molecule has 1 aromatic heterocycles. The van der Waals surface area contributed by atoms with E-state index in [1.54, 1.807) is 0 Å². The molecule has 1 rings (SSSR count). The van der Waals surface area contributed by atoms with Gasteiger partial charge >= 0.3 is 0 Å². The maximum atomic E-state index is 5.08. The van der Waals surface area contributed by atoms with Crippen LogP contribution in [0, 0.1) is 0 Å². The highest BCUT2D eigenvalue weighted by Crippen LogP contribution is 1.90. The van der Waals surface area contributed by atoms with E-state index in [4.69, 9.17) is 11.6 Å². The molecule has 0 bridgehead atoms. The lowest BCUT2D eigenvalue weighted by atomic mass is 11.4. The van der Waals surface area contributed by atoms with Gasteiger partial charge < -0.3 is 0 Å². The third kappa shape index (κ3) is 0.463. The molecule has 1 heterocycles. The molecule has 0 aromatic carbocycles. The average molecular weight is 105 g/mol. The molecule has 0 unspecified atom stereocenters. The van der Waals surface area contributed by atoms with E-state index in [-0.39, 0.29) is 5.28 Å². The summed E-state index contributed by atoms with van der Waals surface area (Å²) in [6, 6.07) is 0. The van der Waals surface area contributed by atoms with E-state index in [0.29, 0.717) is 0 Å². The van der Waals surface area contributed by atoms with Gasteiger partial charge in [0.05, 0.1) is 5.27 Å². The fourth-order valence-corrected chi connectivity index (χ4v) is 0.184. The first-order valence-corrected chi connectivity index (χ1v) is 1.58. The molecular weight excluding hydrogens is 105 g/mol. The molecule has 0 aliphatic carbocycles. The summed E-state index contributed by atoms with van der Waals surface area (Å²) in [5, 5.41) is 9.23. The Morgan fingerprint density at radius 2 is 2.50 bits per heavy atom. The Morgan fingerprint density at radius 3 is 2.67 bits per heavy atom. The average Bonchev–Trinajstić information content (AvgIpc) is 1.86. The van der Waals surface area contributed by atoms with Crippen molar-refractivity contribution in [3.63, 3.8) is 0 Å². The van der Waals surface area contributed by atoms with Crippen LogP contribution in [0.5, 0.6) is 0 Å². The first-order valence-electron chi connectivity index (χ1n) is 1.20. The molecule has 0 aliphatic rings. The highest BCUT2D eigenvalue weighted by atomic mass is 35.5. The van der Waals surface area contributed by atoms with Gasteiger partial charge in [0, 0.05) is 0 Å². The second kappa shape index (κ2) is 1.22. The van der Waals surface area contributed by atoms with Crippen molar-refractivity contribution in [2.24, 2.45) is 0 Å². The lowest BCUT2D eigenvalue weighted by Crippen LogP contribution is -1.60. The van der Waals surface area contributed by atoms with Crippen LogP contribution < -0.4 is 0 Å². The van der Waals surface area contributed by atoms with E-state index >= 15 is 0 Å². The summed E-state index contributed by atoms with van der Waals surface area (Å²) in [7, 11) is 0. The van der Waals surface area contributed by atoms with Gasteiger partial charge in [-0.05, 0) is 16.8 Å². The highest BCUT2D eigenvalue weighted by Gasteiger charge is 1.85. The van der Waals surface area contributed by atoms with Crippen LogP contribution in [0.3, 0.4) is 0 Å². The predicted molar refractivity (Wildman–Crippen MR) is 17.1 cm³/mol. The monoisotopic (exact) mass is 105 g/mol. The van der Waals surface area contributed by atoms with Crippen LogP contribution in [0.15, 0.2) is 4.63 Å². The Morgan fingerprint density at radius 1 is 1.67 bits per heavy atom. The summed E-state index contributed by atoms with van der Waals surface area (Å²) in [5.74, 6) is 0. The van der Waals surface area contributed by atoms with Gasteiger partial charge in [0.15, 0.2) is 0 Å². The molecule has 32 valence electrons. The first-order chi connectivity index (χ1) is 2.89. The molecule has 4 nitrogen and oxygen atoms in total. The number of halogens is 1. The van der Waals surface area contributed by atoms with Crippen molar-refractivity contribution in [1.29, 1.82) is 0 Å². The number of hydrogen-bond acceptors (Lipinski definition) is 4. The van der Waals surface area contributed by atoms with Crippen LogP contribution in [0.2, 0.25) is 5.28 Å². The SMILES string of the molecule is Clc1nnon1. The molecule has 0 amide bonds. The minimum Gasteiger partial charge on any atom is -0.221 e. The molecule has 0 saturated carbocycles. The number of rotatable bonds is 0. The zero-order valence-corrected chi connectivity index (χ0v) is 3.38. The zero-order valence-electron chi connectivity index (χ0n) is 2.63. The molecule has 0 saturated heterocycles. The molecular formula is CClN3O. The van der Waals surface area contributed by atoms with Crippen molar-refractivity contribution in [2.75, 3.05) is 0 Å². The normalized spacial score (nSPS) is 8.83. The lowest BCUT2D eigenvalue weighted by molar-refractivity contribution is 0.292. The number of aromatic nitrogens is 3. The minimum atomic E-state index is 0.0370. The second-order valence-electron chi connectivity index (χ2n) is 0.624. The van der Waals surface area contributed by atoms with Gasteiger partial charge in [-0.15, -0.1) is 0 Å². The summed E-state index contributed by atoms with van der Waals surface area (Å²) in [4.78, 5) is 0. The van der Waals surface area contributed by atoms with E-state index in [1.807, 2.05) is 0 Å². The maximum absolute atomic E-state index is 5.08. The summed E-state index contributed by atoms with van der Waals surface area (Å²) in [6.07, 6.45) is 0. The summed E-state index contributed by atoms with van der Waals surface area (Å²) in [6.45, 7) is 0. The molecule has 0 fully saturated rings. The smallest absolute Gasteiger partial charge is 0.221 e. The van der Waals surface area contributed by atoms with Crippen molar-refractivity contribution in [2.45, 2.75) is 0 Å². The van der Waals surface area contributed by atoms with Gasteiger partial charge in [0.25, 0.3) is 5.28 Å². The third-order valence-corrected chi connectivity index (χ3v) is 0.421. The van der Waals surface area contributed by atoms with Crippen LogP contribution in [-0.2, 0) is 0 Å². The van der Waals surface area contributed by atoms with Gasteiger partial charge in [-0.1, -0.05) is 5.10 Å². The Hall–Kier alpha value is -0.640. The van der Waals surface area contributed by atoms with E-state index in [0.717, 1.165) is 0 Å². The van der Waals surface area contributed by atoms with Crippen molar-refractivity contribution in [3.8, 4) is 0 Å². The van der Waals surface area contributed by atoms with Gasteiger partial charge in [0.2, 0.25) is 0 Å². The summed E-state index contributed by atoms with van der Waals surface area (Å²) in [5.41, 5.74) is 0. The largest absolute Gasteiger partial charge is 0.286 e. The van der Waals surface area contributed by atoms with Crippen LogP contribution in [-0.4, -0.2) is 15.5 Å². The van der Waals surface area contributed by atoms with Gasteiger partial charge in [-0.25, -0.2) is 4.63 Å². The van der Waals surface area contributed by atoms with E-state index in [1.165, 1.54) is 0 Å². The minimum absolute atomic E-state index is 0.0370. The Labute approximate surface area is 38.1 Å².